The van der Waals surface area contributed by atoms with Crippen molar-refractivity contribution in [1.29, 1.82) is 0 Å². The van der Waals surface area contributed by atoms with Gasteiger partial charge in [0.25, 0.3) is 5.91 Å². The standard InChI is InChI=1S/C11H14BrN3O/c12-6-1-2-9(11(14)16)10(3-6)15-8-4-7(13)5-8/h1-3,7-8,15H,4-5,13H2,(H2,14,16). The van der Waals surface area contributed by atoms with E-state index in [4.69, 9.17) is 11.5 Å². The van der Waals surface area contributed by atoms with Crippen LogP contribution in [0.15, 0.2) is 22.7 Å². The van der Waals surface area contributed by atoms with E-state index in [9.17, 15) is 4.79 Å². The fourth-order valence-corrected chi connectivity index (χ4v) is 2.21. The topological polar surface area (TPSA) is 81.1 Å². The van der Waals surface area contributed by atoms with Crippen molar-refractivity contribution in [2.24, 2.45) is 11.5 Å². The lowest BCUT2D eigenvalue weighted by Crippen LogP contribution is -2.44. The molecule has 2 rings (SSSR count). The van der Waals surface area contributed by atoms with Gasteiger partial charge in [-0.15, -0.1) is 0 Å². The Bertz CT molecular complexity index is 416. The zero-order valence-electron chi connectivity index (χ0n) is 8.74. The van der Waals surface area contributed by atoms with Crippen LogP contribution in [-0.2, 0) is 0 Å². The second-order valence-corrected chi connectivity index (χ2v) is 5.04. The smallest absolute Gasteiger partial charge is 0.250 e. The molecule has 1 saturated carbocycles. The van der Waals surface area contributed by atoms with Crippen LogP contribution < -0.4 is 16.8 Å². The molecule has 0 aliphatic heterocycles. The van der Waals surface area contributed by atoms with Crippen molar-refractivity contribution in [1.82, 2.24) is 0 Å². The third-order valence-corrected chi connectivity index (χ3v) is 3.27. The summed E-state index contributed by atoms with van der Waals surface area (Å²) in [4.78, 5) is 11.2. The molecule has 1 fully saturated rings. The first kappa shape index (κ1) is 11.4. The Hall–Kier alpha value is -1.07. The van der Waals surface area contributed by atoms with E-state index in [-0.39, 0.29) is 6.04 Å². The van der Waals surface area contributed by atoms with E-state index >= 15 is 0 Å². The third-order valence-electron chi connectivity index (χ3n) is 2.78. The number of hydrogen-bond acceptors (Lipinski definition) is 3. The lowest BCUT2D eigenvalue weighted by atomic mass is 9.87. The Morgan fingerprint density at radius 1 is 1.44 bits per heavy atom. The summed E-state index contributed by atoms with van der Waals surface area (Å²) in [5, 5.41) is 3.29. The maximum atomic E-state index is 11.2. The first-order valence-corrected chi connectivity index (χ1v) is 5.97. The molecule has 4 nitrogen and oxygen atoms in total. The lowest BCUT2D eigenvalue weighted by Gasteiger charge is -2.34. The molecular weight excluding hydrogens is 270 g/mol. The molecular formula is C11H14BrN3O. The monoisotopic (exact) mass is 283 g/mol. The van der Waals surface area contributed by atoms with Crippen molar-refractivity contribution >= 4 is 27.5 Å². The van der Waals surface area contributed by atoms with Gasteiger partial charge in [-0.05, 0) is 31.0 Å². The number of primary amides is 1. The van der Waals surface area contributed by atoms with E-state index in [2.05, 4.69) is 21.2 Å². The highest BCUT2D eigenvalue weighted by atomic mass is 79.9. The maximum Gasteiger partial charge on any atom is 0.250 e. The molecule has 0 bridgehead atoms. The van der Waals surface area contributed by atoms with Crippen LogP contribution in [0.1, 0.15) is 23.2 Å². The molecule has 0 spiro atoms. The third kappa shape index (κ3) is 2.36. The second kappa shape index (κ2) is 4.43. The average molecular weight is 284 g/mol. The van der Waals surface area contributed by atoms with Gasteiger partial charge in [-0.3, -0.25) is 4.79 Å². The molecule has 1 aromatic rings. The highest BCUT2D eigenvalue weighted by Gasteiger charge is 2.26. The van der Waals surface area contributed by atoms with Gasteiger partial charge in [-0.25, -0.2) is 0 Å². The number of nitrogens with two attached hydrogens (primary N) is 2. The summed E-state index contributed by atoms with van der Waals surface area (Å²) in [6.45, 7) is 0. The fraction of sp³-hybridized carbons (Fsp3) is 0.364. The van der Waals surface area contributed by atoms with Crippen molar-refractivity contribution in [3.63, 3.8) is 0 Å². The SMILES string of the molecule is NC(=O)c1ccc(Br)cc1NC1CC(N)C1. The first-order valence-electron chi connectivity index (χ1n) is 5.17. The van der Waals surface area contributed by atoms with Crippen LogP contribution in [-0.4, -0.2) is 18.0 Å². The average Bonchev–Trinajstić information content (AvgIpc) is 2.15. The zero-order valence-corrected chi connectivity index (χ0v) is 10.3. The van der Waals surface area contributed by atoms with E-state index in [1.807, 2.05) is 6.07 Å². The van der Waals surface area contributed by atoms with Gasteiger partial charge in [0.1, 0.15) is 0 Å². The van der Waals surface area contributed by atoms with Crippen LogP contribution in [0.4, 0.5) is 5.69 Å². The Balaban J connectivity index is 2.17. The molecule has 0 unspecified atom stereocenters. The highest BCUT2D eigenvalue weighted by molar-refractivity contribution is 9.10. The molecule has 5 N–H and O–H groups in total. The minimum absolute atomic E-state index is 0.279. The number of benzene rings is 1. The summed E-state index contributed by atoms with van der Waals surface area (Å²) in [7, 11) is 0. The molecule has 0 aromatic heterocycles. The number of carbonyl (C=O) groups excluding carboxylic acids is 1. The van der Waals surface area contributed by atoms with Gasteiger partial charge in [0.05, 0.1) is 5.56 Å². The van der Waals surface area contributed by atoms with Gasteiger partial charge in [0.15, 0.2) is 0 Å². The van der Waals surface area contributed by atoms with E-state index < -0.39 is 5.91 Å². The van der Waals surface area contributed by atoms with Gasteiger partial charge in [-0.1, -0.05) is 15.9 Å². The van der Waals surface area contributed by atoms with E-state index in [1.54, 1.807) is 12.1 Å². The Morgan fingerprint density at radius 2 is 2.12 bits per heavy atom. The van der Waals surface area contributed by atoms with Gasteiger partial charge >= 0.3 is 0 Å². The summed E-state index contributed by atoms with van der Waals surface area (Å²) < 4.78 is 0.920. The Labute approximate surface area is 103 Å². The zero-order chi connectivity index (χ0) is 11.7. The normalized spacial score (nSPS) is 23.6. The van der Waals surface area contributed by atoms with Gasteiger partial charge in [0, 0.05) is 22.2 Å². The molecule has 1 aromatic carbocycles. The number of halogens is 1. The number of anilines is 1. The second-order valence-electron chi connectivity index (χ2n) is 4.13. The van der Waals surface area contributed by atoms with Crippen LogP contribution in [0, 0.1) is 0 Å². The predicted octanol–water partition coefficient (Wildman–Crippen LogP) is 1.45. The number of rotatable bonds is 3. The summed E-state index contributed by atoms with van der Waals surface area (Å²) >= 11 is 3.37. The Kier molecular flexibility index (Phi) is 3.16. The molecule has 86 valence electrons. The largest absolute Gasteiger partial charge is 0.382 e. The summed E-state index contributed by atoms with van der Waals surface area (Å²) in [5.41, 5.74) is 12.3. The maximum absolute atomic E-state index is 11.2. The molecule has 16 heavy (non-hydrogen) atoms. The van der Waals surface area contributed by atoms with Crippen molar-refractivity contribution in [3.8, 4) is 0 Å². The van der Waals surface area contributed by atoms with E-state index in [0.717, 1.165) is 23.0 Å². The minimum Gasteiger partial charge on any atom is -0.382 e. The van der Waals surface area contributed by atoms with Gasteiger partial charge in [0.2, 0.25) is 0 Å². The number of amides is 1. The summed E-state index contributed by atoms with van der Waals surface area (Å²) in [5.74, 6) is -0.418. The quantitative estimate of drug-likeness (QED) is 0.785. The molecule has 0 radical (unpaired) electrons. The minimum atomic E-state index is -0.418. The van der Waals surface area contributed by atoms with Crippen molar-refractivity contribution < 1.29 is 4.79 Å². The van der Waals surface area contributed by atoms with Crippen molar-refractivity contribution in [2.75, 3.05) is 5.32 Å². The molecule has 5 heteroatoms. The molecule has 0 atom stereocenters. The van der Waals surface area contributed by atoms with E-state index in [0.29, 0.717) is 11.6 Å². The molecule has 1 aliphatic rings. The van der Waals surface area contributed by atoms with Crippen LogP contribution in [0.5, 0.6) is 0 Å². The van der Waals surface area contributed by atoms with Crippen molar-refractivity contribution in [2.45, 2.75) is 24.9 Å². The van der Waals surface area contributed by atoms with E-state index in [1.165, 1.54) is 0 Å². The van der Waals surface area contributed by atoms with Crippen molar-refractivity contribution in [3.05, 3.63) is 28.2 Å². The molecule has 0 heterocycles. The lowest BCUT2D eigenvalue weighted by molar-refractivity contribution is 0.100. The molecule has 0 saturated heterocycles. The summed E-state index contributed by atoms with van der Waals surface area (Å²) in [6, 6.07) is 6.01. The number of hydrogen-bond donors (Lipinski definition) is 3. The molecule has 1 aliphatic carbocycles. The number of carbonyl (C=O) groups is 1. The summed E-state index contributed by atoms with van der Waals surface area (Å²) in [6.07, 6.45) is 1.87. The van der Waals surface area contributed by atoms with Crippen LogP contribution >= 0.6 is 15.9 Å². The number of nitrogens with one attached hydrogen (secondary N) is 1. The van der Waals surface area contributed by atoms with Gasteiger partial charge < -0.3 is 16.8 Å². The highest BCUT2D eigenvalue weighted by Crippen LogP contribution is 2.27. The predicted molar refractivity (Wildman–Crippen MR) is 67.3 cm³/mol. The Morgan fingerprint density at radius 3 is 2.69 bits per heavy atom. The molecule has 1 amide bonds. The van der Waals surface area contributed by atoms with Crippen LogP contribution in [0.2, 0.25) is 0 Å². The van der Waals surface area contributed by atoms with Crippen LogP contribution in [0.3, 0.4) is 0 Å². The van der Waals surface area contributed by atoms with Crippen LogP contribution in [0.25, 0.3) is 0 Å². The van der Waals surface area contributed by atoms with Gasteiger partial charge in [-0.2, -0.15) is 0 Å². The fourth-order valence-electron chi connectivity index (χ4n) is 1.85. The first-order chi connectivity index (χ1) is 7.56.